The van der Waals surface area contributed by atoms with Gasteiger partial charge in [0.25, 0.3) is 0 Å². The topological polar surface area (TPSA) is 87.0 Å². The second-order valence-corrected chi connectivity index (χ2v) is 8.28. The van der Waals surface area contributed by atoms with Gasteiger partial charge in [0.2, 0.25) is 0 Å². The van der Waals surface area contributed by atoms with Gasteiger partial charge < -0.3 is 24.7 Å². The summed E-state index contributed by atoms with van der Waals surface area (Å²) in [5.41, 5.74) is 2.81. The molecule has 0 bridgehead atoms. The van der Waals surface area contributed by atoms with E-state index in [1.807, 2.05) is 43.3 Å². The highest BCUT2D eigenvalue weighted by Gasteiger charge is 2.28. The summed E-state index contributed by atoms with van der Waals surface area (Å²) in [6.07, 6.45) is 1.63. The summed E-state index contributed by atoms with van der Waals surface area (Å²) in [7, 11) is 1.66. The SMILES string of the molecule is COc1ccc(N2CCN(C(CNC(=O)C(=O)Nc3ccc(C)cc3)c3ccco3)CC2)cc1. The van der Waals surface area contributed by atoms with Crippen LogP contribution in [0.2, 0.25) is 0 Å². The Kier molecular flexibility index (Phi) is 7.49. The molecule has 0 radical (unpaired) electrons. The van der Waals surface area contributed by atoms with Crippen LogP contribution in [0.4, 0.5) is 11.4 Å². The van der Waals surface area contributed by atoms with Crippen molar-refractivity contribution in [3.8, 4) is 5.75 Å². The van der Waals surface area contributed by atoms with Gasteiger partial charge in [0.15, 0.2) is 0 Å². The number of rotatable bonds is 7. The Morgan fingerprint density at radius 3 is 2.29 bits per heavy atom. The third-order valence-electron chi connectivity index (χ3n) is 6.04. The number of hydrogen-bond donors (Lipinski definition) is 2. The van der Waals surface area contributed by atoms with Crippen molar-refractivity contribution in [2.45, 2.75) is 13.0 Å². The molecule has 1 aliphatic rings. The minimum atomic E-state index is -0.689. The Morgan fingerprint density at radius 1 is 0.971 bits per heavy atom. The molecule has 8 nitrogen and oxygen atoms in total. The molecular formula is C26H30N4O4. The van der Waals surface area contributed by atoms with Crippen LogP contribution in [0.3, 0.4) is 0 Å². The Morgan fingerprint density at radius 2 is 1.68 bits per heavy atom. The Bertz CT molecular complexity index is 1070. The maximum Gasteiger partial charge on any atom is 0.313 e. The van der Waals surface area contributed by atoms with E-state index in [2.05, 4.69) is 32.6 Å². The van der Waals surface area contributed by atoms with E-state index in [9.17, 15) is 9.59 Å². The summed E-state index contributed by atoms with van der Waals surface area (Å²) in [6.45, 7) is 5.50. The molecular weight excluding hydrogens is 432 g/mol. The average Bonchev–Trinajstić information content (AvgIpc) is 3.40. The Balaban J connectivity index is 1.34. The Hall–Kier alpha value is -3.78. The van der Waals surface area contributed by atoms with Crippen LogP contribution < -0.4 is 20.3 Å². The number of carbonyl (C=O) groups is 2. The average molecular weight is 463 g/mol. The van der Waals surface area contributed by atoms with Crippen LogP contribution in [-0.4, -0.2) is 56.5 Å². The van der Waals surface area contributed by atoms with Crippen molar-refractivity contribution in [1.82, 2.24) is 10.2 Å². The molecule has 0 saturated carbocycles. The molecule has 1 unspecified atom stereocenters. The molecule has 0 aliphatic carbocycles. The molecule has 2 N–H and O–H groups in total. The van der Waals surface area contributed by atoms with Crippen LogP contribution >= 0.6 is 0 Å². The summed E-state index contributed by atoms with van der Waals surface area (Å²) in [5.74, 6) is 0.236. The summed E-state index contributed by atoms with van der Waals surface area (Å²) < 4.78 is 10.9. The molecule has 1 fully saturated rings. The second kappa shape index (κ2) is 10.9. The number of ether oxygens (including phenoxy) is 1. The number of carbonyl (C=O) groups excluding carboxylic acids is 2. The maximum atomic E-state index is 12.5. The van der Waals surface area contributed by atoms with Gasteiger partial charge in [0.1, 0.15) is 11.5 Å². The van der Waals surface area contributed by atoms with Gasteiger partial charge in [-0.25, -0.2) is 0 Å². The van der Waals surface area contributed by atoms with Crippen molar-refractivity contribution in [3.05, 3.63) is 78.3 Å². The number of hydrogen-bond acceptors (Lipinski definition) is 6. The summed E-state index contributed by atoms with van der Waals surface area (Å²) in [4.78, 5) is 29.4. The van der Waals surface area contributed by atoms with Crippen LogP contribution in [0.1, 0.15) is 17.4 Å². The van der Waals surface area contributed by atoms with Crippen LogP contribution in [0, 0.1) is 6.92 Å². The van der Waals surface area contributed by atoms with E-state index in [1.54, 1.807) is 25.5 Å². The fourth-order valence-corrected chi connectivity index (χ4v) is 4.07. The number of piperazine rings is 1. The van der Waals surface area contributed by atoms with Crippen LogP contribution in [0.5, 0.6) is 5.75 Å². The summed E-state index contributed by atoms with van der Waals surface area (Å²) in [6, 6.07) is 18.9. The number of benzene rings is 2. The summed E-state index contributed by atoms with van der Waals surface area (Å²) in [5, 5.41) is 5.41. The molecule has 1 aliphatic heterocycles. The molecule has 2 aromatic carbocycles. The highest BCUT2D eigenvalue weighted by molar-refractivity contribution is 6.39. The summed E-state index contributed by atoms with van der Waals surface area (Å²) >= 11 is 0. The zero-order valence-corrected chi connectivity index (χ0v) is 19.5. The van der Waals surface area contributed by atoms with Gasteiger partial charge in [-0.1, -0.05) is 17.7 Å². The number of furan rings is 1. The molecule has 1 saturated heterocycles. The highest BCUT2D eigenvalue weighted by Crippen LogP contribution is 2.25. The number of nitrogens with zero attached hydrogens (tertiary/aromatic N) is 2. The minimum absolute atomic E-state index is 0.163. The fraction of sp³-hybridized carbons (Fsp3) is 0.308. The lowest BCUT2D eigenvalue weighted by Gasteiger charge is -2.39. The lowest BCUT2D eigenvalue weighted by Crippen LogP contribution is -2.50. The van der Waals surface area contributed by atoms with Gasteiger partial charge >= 0.3 is 11.8 Å². The number of amides is 2. The quantitative estimate of drug-likeness (QED) is 0.525. The van der Waals surface area contributed by atoms with Crippen molar-refractivity contribution < 1.29 is 18.7 Å². The van der Waals surface area contributed by atoms with E-state index in [0.717, 1.165) is 48.9 Å². The first-order valence-corrected chi connectivity index (χ1v) is 11.4. The van der Waals surface area contributed by atoms with Gasteiger partial charge in [0, 0.05) is 44.1 Å². The first kappa shape index (κ1) is 23.4. The smallest absolute Gasteiger partial charge is 0.313 e. The fourth-order valence-electron chi connectivity index (χ4n) is 4.07. The predicted molar refractivity (Wildman–Crippen MR) is 131 cm³/mol. The van der Waals surface area contributed by atoms with E-state index < -0.39 is 11.8 Å². The van der Waals surface area contributed by atoms with Gasteiger partial charge in [-0.3, -0.25) is 14.5 Å². The molecule has 178 valence electrons. The normalized spacial score (nSPS) is 14.9. The number of methoxy groups -OCH3 is 1. The lowest BCUT2D eigenvalue weighted by atomic mass is 10.1. The van der Waals surface area contributed by atoms with Gasteiger partial charge in [0.05, 0.1) is 19.4 Å². The number of anilines is 2. The van der Waals surface area contributed by atoms with Gasteiger partial charge in [-0.05, 0) is 55.5 Å². The first-order valence-electron chi connectivity index (χ1n) is 11.4. The predicted octanol–water partition coefficient (Wildman–Crippen LogP) is 3.21. The van der Waals surface area contributed by atoms with Crippen molar-refractivity contribution >= 4 is 23.2 Å². The molecule has 2 amide bonds. The lowest BCUT2D eigenvalue weighted by molar-refractivity contribution is -0.136. The molecule has 3 aromatic rings. The van der Waals surface area contributed by atoms with Crippen molar-refractivity contribution in [2.24, 2.45) is 0 Å². The first-order chi connectivity index (χ1) is 16.5. The van der Waals surface area contributed by atoms with Gasteiger partial charge in [-0.2, -0.15) is 0 Å². The number of aryl methyl sites for hydroxylation is 1. The zero-order chi connectivity index (χ0) is 23.9. The third kappa shape index (κ3) is 5.77. The van der Waals surface area contributed by atoms with Crippen molar-refractivity contribution in [3.63, 3.8) is 0 Å². The molecule has 0 spiro atoms. The second-order valence-electron chi connectivity index (χ2n) is 8.28. The van der Waals surface area contributed by atoms with Crippen LogP contribution in [-0.2, 0) is 9.59 Å². The monoisotopic (exact) mass is 462 g/mol. The minimum Gasteiger partial charge on any atom is -0.497 e. The molecule has 8 heteroatoms. The molecule has 1 atom stereocenters. The van der Waals surface area contributed by atoms with E-state index in [1.165, 1.54) is 0 Å². The maximum absolute atomic E-state index is 12.5. The van der Waals surface area contributed by atoms with Crippen LogP contribution in [0.15, 0.2) is 71.3 Å². The van der Waals surface area contributed by atoms with E-state index in [0.29, 0.717) is 5.69 Å². The Labute approximate surface area is 199 Å². The number of nitrogens with one attached hydrogen (secondary N) is 2. The van der Waals surface area contributed by atoms with Gasteiger partial charge in [-0.15, -0.1) is 0 Å². The largest absolute Gasteiger partial charge is 0.497 e. The highest BCUT2D eigenvalue weighted by atomic mass is 16.5. The van der Waals surface area contributed by atoms with Crippen molar-refractivity contribution in [1.29, 1.82) is 0 Å². The van der Waals surface area contributed by atoms with E-state index in [4.69, 9.17) is 9.15 Å². The molecule has 34 heavy (non-hydrogen) atoms. The third-order valence-corrected chi connectivity index (χ3v) is 6.04. The molecule has 2 heterocycles. The zero-order valence-electron chi connectivity index (χ0n) is 19.5. The van der Waals surface area contributed by atoms with E-state index >= 15 is 0 Å². The molecule has 4 rings (SSSR count). The van der Waals surface area contributed by atoms with Crippen LogP contribution in [0.25, 0.3) is 0 Å². The van der Waals surface area contributed by atoms with E-state index in [-0.39, 0.29) is 12.6 Å². The molecule has 1 aromatic heterocycles. The van der Waals surface area contributed by atoms with Crippen molar-refractivity contribution in [2.75, 3.05) is 50.1 Å². The standard InChI is InChI=1S/C26H30N4O4/c1-19-5-7-20(8-6-19)28-26(32)25(31)27-18-23(24-4-3-17-34-24)30-15-13-29(14-16-30)21-9-11-22(33-2)12-10-21/h3-12,17,23H,13-16,18H2,1-2H3,(H,27,31)(H,28,32).